The topological polar surface area (TPSA) is 142 Å². The largest absolute Gasteiger partial charge is 0.363 e. The first kappa shape index (κ1) is 87.8. The van der Waals surface area contributed by atoms with Crippen LogP contribution in [-0.2, 0) is 14.2 Å². The lowest BCUT2D eigenvalue weighted by atomic mass is 10.4. The van der Waals surface area contributed by atoms with E-state index in [-0.39, 0.29) is 95.2 Å². The third kappa shape index (κ3) is 70.8. The summed E-state index contributed by atoms with van der Waals surface area (Å²) >= 11 is 0. The Kier molecular flexibility index (Phi) is 231. The minimum atomic E-state index is -0.178. The lowest BCUT2D eigenvalue weighted by molar-refractivity contribution is -0.0691. The molecule has 30 heavy (non-hydrogen) atoms. The van der Waals surface area contributed by atoms with Crippen molar-refractivity contribution in [2.75, 3.05) is 53.4 Å². The molecule has 0 amide bonds. The quantitative estimate of drug-likeness (QED) is 0.164. The first-order valence-corrected chi connectivity index (χ1v) is 5.84. The average molecular weight is 459 g/mol. The maximum atomic E-state index is 5.48. The summed E-state index contributed by atoms with van der Waals surface area (Å²) in [4.78, 5) is 0. The Morgan fingerprint density at radius 1 is 0.467 bits per heavy atom. The van der Waals surface area contributed by atoms with Gasteiger partial charge in [0, 0.05) is 20.0 Å². The fourth-order valence-corrected chi connectivity index (χ4v) is 1.02. The number of ether oxygens (including phenoxy) is 3. The Hall–Kier alpha value is -0.360. The van der Waals surface area contributed by atoms with Crippen molar-refractivity contribution in [3.05, 3.63) is 0 Å². The summed E-state index contributed by atoms with van der Waals surface area (Å²) in [7, 11) is 0. The van der Waals surface area contributed by atoms with E-state index in [1.54, 1.807) is 0 Å². The summed E-state index contributed by atoms with van der Waals surface area (Å²) in [6, 6.07) is 0. The highest BCUT2D eigenvalue weighted by atomic mass is 16.6. The van der Waals surface area contributed by atoms with Crippen LogP contribution in [0, 0.1) is 0 Å². The second-order valence-electron chi connectivity index (χ2n) is 3.33. The third-order valence-corrected chi connectivity index (χ3v) is 1.87. The van der Waals surface area contributed by atoms with Crippen LogP contribution in [-0.4, -0.2) is 59.5 Å². The lowest BCUT2D eigenvalue weighted by Crippen LogP contribution is -2.35. The summed E-state index contributed by atoms with van der Waals surface area (Å²) in [5.74, 6) is 0. The van der Waals surface area contributed by atoms with E-state index in [0.29, 0.717) is 53.4 Å². The molecule has 0 aromatic rings. The van der Waals surface area contributed by atoms with Gasteiger partial charge in [0.1, 0.15) is 6.10 Å². The highest BCUT2D eigenvalue weighted by Gasteiger charge is 2.09. The minimum Gasteiger partial charge on any atom is -0.363 e. The van der Waals surface area contributed by atoms with E-state index in [4.69, 9.17) is 31.4 Å². The molecule has 0 atom stereocenters. The van der Waals surface area contributed by atoms with Crippen LogP contribution in [0.15, 0.2) is 0 Å². The Morgan fingerprint density at radius 2 is 0.733 bits per heavy atom. The molecular formula is C21H74N6O3. The van der Waals surface area contributed by atoms with E-state index in [1.807, 2.05) is 0 Å². The molecule has 9 N–H and O–H groups in total. The first-order chi connectivity index (χ1) is 8.85. The van der Waals surface area contributed by atoms with Crippen LogP contribution in [0.25, 0.3) is 0 Å². The van der Waals surface area contributed by atoms with Gasteiger partial charge >= 0.3 is 0 Å². The molecule has 0 aliphatic rings. The molecule has 0 aromatic heterocycles. The van der Waals surface area contributed by atoms with Crippen molar-refractivity contribution in [1.29, 1.82) is 0 Å². The fraction of sp³-hybridized carbons (Fsp3) is 1.00. The van der Waals surface area contributed by atoms with Gasteiger partial charge in [-0.3, -0.25) is 16.0 Å². The Labute approximate surface area is 196 Å². The summed E-state index contributed by atoms with van der Waals surface area (Å²) in [6.45, 7) is 3.02. The van der Waals surface area contributed by atoms with Gasteiger partial charge in [0.2, 0.25) is 0 Å². The predicted molar refractivity (Wildman–Crippen MR) is 149 cm³/mol. The van der Waals surface area contributed by atoms with Crippen LogP contribution in [0.4, 0.5) is 0 Å². The van der Waals surface area contributed by atoms with Crippen LogP contribution in [0.2, 0.25) is 0 Å². The summed E-state index contributed by atoms with van der Waals surface area (Å²) < 4.78 is 16.1. The average Bonchev–Trinajstić information content (AvgIpc) is 2.39. The van der Waals surface area contributed by atoms with Gasteiger partial charge in [-0.1, -0.05) is 89.1 Å². The molecule has 0 heterocycles. The zero-order valence-electron chi connectivity index (χ0n) is 10.7. The van der Waals surface area contributed by atoms with Gasteiger partial charge in [0.15, 0.2) is 0 Å². The predicted octanol–water partition coefficient (Wildman–Crippen LogP) is 4.43. The van der Waals surface area contributed by atoms with Crippen molar-refractivity contribution < 1.29 is 14.2 Å². The molecule has 0 saturated carbocycles. The zero-order valence-corrected chi connectivity index (χ0v) is 10.7. The molecule has 0 aromatic carbocycles. The van der Waals surface area contributed by atoms with Gasteiger partial charge in [0.25, 0.3) is 0 Å². The molecule has 0 aliphatic heterocycles. The zero-order chi connectivity index (χ0) is 13.5. The van der Waals surface area contributed by atoms with Gasteiger partial charge < -0.3 is 31.4 Å². The lowest BCUT2D eigenvalue weighted by Gasteiger charge is -2.18. The molecule has 9 nitrogen and oxygen atoms in total. The molecule has 0 rings (SSSR count). The van der Waals surface area contributed by atoms with E-state index in [2.05, 4.69) is 16.0 Å². The normalized spacial score (nSPS) is 6.80. The van der Waals surface area contributed by atoms with Crippen molar-refractivity contribution in [2.45, 2.75) is 95.2 Å². The Balaban J connectivity index is -0.0000000219. The minimum absolute atomic E-state index is 0. The van der Waals surface area contributed by atoms with Gasteiger partial charge in [-0.05, 0) is 0 Å². The molecule has 0 aliphatic carbocycles. The van der Waals surface area contributed by atoms with Gasteiger partial charge in [0.05, 0.1) is 33.4 Å². The summed E-state index contributed by atoms with van der Waals surface area (Å²) in [5, 5.41) is 8.54. The van der Waals surface area contributed by atoms with Crippen molar-refractivity contribution >= 4 is 0 Å². The van der Waals surface area contributed by atoms with Crippen molar-refractivity contribution in [2.24, 2.45) is 17.2 Å². The second-order valence-corrected chi connectivity index (χ2v) is 3.33. The highest BCUT2D eigenvalue weighted by Crippen LogP contribution is 1.94. The maximum Gasteiger partial charge on any atom is 0.106 e. The van der Waals surface area contributed by atoms with E-state index in [9.17, 15) is 0 Å². The highest BCUT2D eigenvalue weighted by molar-refractivity contribution is 4.55. The summed E-state index contributed by atoms with van der Waals surface area (Å²) in [5.41, 5.74) is 15.8. The van der Waals surface area contributed by atoms with E-state index < -0.39 is 0 Å². The first-order valence-electron chi connectivity index (χ1n) is 5.84. The Morgan fingerprint density at radius 3 is 1.00 bits per heavy atom. The molecule has 0 fully saturated rings. The van der Waals surface area contributed by atoms with Crippen LogP contribution < -0.4 is 33.2 Å². The monoisotopic (exact) mass is 459 g/mol. The number of hydrogen-bond donors (Lipinski definition) is 6. The van der Waals surface area contributed by atoms with E-state index >= 15 is 0 Å². The third-order valence-electron chi connectivity index (χ3n) is 1.87. The SMILES string of the molecule is C.C.C.C.C.C.C.C.C.C.C.C.NCNCOCC(COCNCN)OCNCN. The molecule has 0 bridgehead atoms. The number of hydrogen-bond acceptors (Lipinski definition) is 9. The van der Waals surface area contributed by atoms with Crippen LogP contribution in [0.1, 0.15) is 89.1 Å². The van der Waals surface area contributed by atoms with E-state index in [1.165, 1.54) is 0 Å². The Bertz CT molecular complexity index is 162. The van der Waals surface area contributed by atoms with Crippen molar-refractivity contribution in [3.8, 4) is 0 Å². The second kappa shape index (κ2) is 79.0. The molecule has 0 unspecified atom stereocenters. The van der Waals surface area contributed by atoms with E-state index in [0.717, 1.165) is 0 Å². The number of nitrogens with one attached hydrogen (secondary N) is 3. The number of nitrogens with two attached hydrogens (primary N) is 3. The van der Waals surface area contributed by atoms with Gasteiger partial charge in [-0.25, -0.2) is 0 Å². The van der Waals surface area contributed by atoms with Gasteiger partial charge in [-0.2, -0.15) is 0 Å². The van der Waals surface area contributed by atoms with Crippen LogP contribution in [0.5, 0.6) is 0 Å². The fourth-order valence-electron chi connectivity index (χ4n) is 1.02. The molecule has 9 heteroatoms. The van der Waals surface area contributed by atoms with Crippen LogP contribution >= 0.6 is 0 Å². The summed E-state index contributed by atoms with van der Waals surface area (Å²) in [6.07, 6.45) is -0.178. The van der Waals surface area contributed by atoms with Crippen LogP contribution in [0.3, 0.4) is 0 Å². The number of rotatable bonds is 14. The molecule has 206 valence electrons. The maximum absolute atomic E-state index is 5.48. The van der Waals surface area contributed by atoms with Crippen molar-refractivity contribution in [3.63, 3.8) is 0 Å². The molecule has 0 radical (unpaired) electrons. The molecule has 0 saturated heterocycles. The molecular weight excluding hydrogens is 384 g/mol. The van der Waals surface area contributed by atoms with Crippen molar-refractivity contribution in [1.82, 2.24) is 16.0 Å². The molecule has 0 spiro atoms. The van der Waals surface area contributed by atoms with Gasteiger partial charge in [-0.15, -0.1) is 0 Å². The standard InChI is InChI=1S/C9H26N6O3.12CH4/c10-3-13-6-16-1-9(18-8-15-5-12)2-17-7-14-4-11;;;;;;;;;;;;/h9,13-15H,1-8,10-12H2;12*1H4. The smallest absolute Gasteiger partial charge is 0.106 e.